The van der Waals surface area contributed by atoms with Gasteiger partial charge < -0.3 is 14.6 Å². The van der Waals surface area contributed by atoms with Crippen molar-refractivity contribution in [3.8, 4) is 5.75 Å². The maximum Gasteiger partial charge on any atom is 0.251 e. The van der Waals surface area contributed by atoms with Gasteiger partial charge in [0.15, 0.2) is 5.65 Å². The molecule has 0 aliphatic rings. The summed E-state index contributed by atoms with van der Waals surface area (Å²) < 4.78 is 7.30. The molecule has 30 heavy (non-hydrogen) atoms. The van der Waals surface area contributed by atoms with Crippen molar-refractivity contribution in [2.24, 2.45) is 0 Å². The summed E-state index contributed by atoms with van der Waals surface area (Å²) >= 11 is 0. The number of methoxy groups -OCH3 is 1. The van der Waals surface area contributed by atoms with Gasteiger partial charge >= 0.3 is 0 Å². The number of nitrogens with one attached hydrogen (secondary N) is 1. The van der Waals surface area contributed by atoms with Gasteiger partial charge in [0.2, 0.25) is 0 Å². The highest BCUT2D eigenvalue weighted by atomic mass is 16.5. The van der Waals surface area contributed by atoms with Crippen LogP contribution in [0.1, 0.15) is 21.7 Å². The fraction of sp³-hybridized carbons (Fsp3) is 0.208. The van der Waals surface area contributed by atoms with Gasteiger partial charge in [0, 0.05) is 31.3 Å². The highest BCUT2D eigenvalue weighted by Gasteiger charge is 2.12. The number of fused-ring (bicyclic) bond motifs is 1. The molecule has 1 N–H and O–H groups in total. The Hall–Kier alpha value is -3.67. The number of aryl methyl sites for hydroxylation is 2. The molecule has 4 aromatic rings. The van der Waals surface area contributed by atoms with Gasteiger partial charge in [-0.15, -0.1) is 0 Å². The summed E-state index contributed by atoms with van der Waals surface area (Å²) in [6.07, 6.45) is 3.49. The van der Waals surface area contributed by atoms with Crippen LogP contribution in [0.15, 0.2) is 72.9 Å². The fourth-order valence-corrected chi connectivity index (χ4v) is 3.48. The monoisotopic (exact) mass is 400 g/mol. The predicted octanol–water partition coefficient (Wildman–Crippen LogP) is 3.66. The SMILES string of the molecule is COc1cccc(C(=O)NCCn2c(CCc3ccccc3)nc3cccnc32)c1. The summed E-state index contributed by atoms with van der Waals surface area (Å²) in [5, 5.41) is 2.98. The van der Waals surface area contributed by atoms with Gasteiger partial charge in [0.1, 0.15) is 17.1 Å². The Labute approximate surface area is 175 Å². The topological polar surface area (TPSA) is 69.0 Å². The highest BCUT2D eigenvalue weighted by molar-refractivity contribution is 5.94. The van der Waals surface area contributed by atoms with Crippen molar-refractivity contribution in [2.45, 2.75) is 19.4 Å². The molecule has 6 nitrogen and oxygen atoms in total. The molecule has 0 fully saturated rings. The predicted molar refractivity (Wildman–Crippen MR) is 117 cm³/mol. The molecule has 1 amide bonds. The van der Waals surface area contributed by atoms with Gasteiger partial charge in [-0.25, -0.2) is 9.97 Å². The number of ether oxygens (including phenoxy) is 1. The zero-order chi connectivity index (χ0) is 20.8. The second-order valence-corrected chi connectivity index (χ2v) is 7.00. The molecule has 2 heterocycles. The van der Waals surface area contributed by atoms with E-state index in [0.29, 0.717) is 24.4 Å². The van der Waals surface area contributed by atoms with E-state index in [1.54, 1.807) is 25.4 Å². The van der Waals surface area contributed by atoms with Crippen molar-refractivity contribution < 1.29 is 9.53 Å². The summed E-state index contributed by atoms with van der Waals surface area (Å²) in [6, 6.07) is 21.4. The van der Waals surface area contributed by atoms with Crippen LogP contribution in [0.3, 0.4) is 0 Å². The normalized spacial score (nSPS) is 10.8. The maximum absolute atomic E-state index is 12.5. The van der Waals surface area contributed by atoms with Crippen LogP contribution in [0.25, 0.3) is 11.2 Å². The quantitative estimate of drug-likeness (QED) is 0.490. The van der Waals surface area contributed by atoms with Crippen LogP contribution in [0, 0.1) is 0 Å². The molecule has 0 atom stereocenters. The number of carbonyl (C=O) groups is 1. The Morgan fingerprint density at radius 2 is 1.90 bits per heavy atom. The standard InChI is InChI=1S/C24H24N4O2/c1-30-20-10-5-9-19(17-20)24(29)26-15-16-28-22(13-12-18-7-3-2-4-8-18)27-21-11-6-14-25-23(21)28/h2-11,14,17H,12-13,15-16H2,1H3,(H,26,29). The maximum atomic E-state index is 12.5. The zero-order valence-corrected chi connectivity index (χ0v) is 16.9. The van der Waals surface area contributed by atoms with Crippen LogP contribution in [0.4, 0.5) is 0 Å². The van der Waals surface area contributed by atoms with E-state index in [4.69, 9.17) is 9.72 Å². The number of carbonyl (C=O) groups excluding carboxylic acids is 1. The Morgan fingerprint density at radius 3 is 2.73 bits per heavy atom. The molecule has 0 aliphatic carbocycles. The van der Waals surface area contributed by atoms with Crippen molar-refractivity contribution in [2.75, 3.05) is 13.7 Å². The lowest BCUT2D eigenvalue weighted by Gasteiger charge is -2.10. The molecule has 4 rings (SSSR count). The molecule has 152 valence electrons. The first-order chi connectivity index (χ1) is 14.7. The van der Waals surface area contributed by atoms with Gasteiger partial charge in [0.25, 0.3) is 5.91 Å². The molecule has 0 radical (unpaired) electrons. The van der Waals surface area contributed by atoms with E-state index in [9.17, 15) is 4.79 Å². The number of amides is 1. The Morgan fingerprint density at radius 1 is 1.03 bits per heavy atom. The second-order valence-electron chi connectivity index (χ2n) is 7.00. The van der Waals surface area contributed by atoms with Crippen LogP contribution in [-0.2, 0) is 19.4 Å². The lowest BCUT2D eigenvalue weighted by atomic mass is 10.1. The summed E-state index contributed by atoms with van der Waals surface area (Å²) in [5.41, 5.74) is 3.57. The summed E-state index contributed by atoms with van der Waals surface area (Å²) in [4.78, 5) is 21.8. The number of hydrogen-bond acceptors (Lipinski definition) is 4. The van der Waals surface area contributed by atoms with Gasteiger partial charge in [-0.2, -0.15) is 0 Å². The Balaban J connectivity index is 1.46. The number of benzene rings is 2. The molecular formula is C24H24N4O2. The third-order valence-corrected chi connectivity index (χ3v) is 5.02. The lowest BCUT2D eigenvalue weighted by molar-refractivity contribution is 0.0952. The fourth-order valence-electron chi connectivity index (χ4n) is 3.48. The highest BCUT2D eigenvalue weighted by Crippen LogP contribution is 2.16. The van der Waals surface area contributed by atoms with E-state index >= 15 is 0 Å². The molecule has 2 aromatic heterocycles. The average molecular weight is 400 g/mol. The van der Waals surface area contributed by atoms with Gasteiger partial charge in [0.05, 0.1) is 7.11 Å². The van der Waals surface area contributed by atoms with Gasteiger partial charge in [-0.1, -0.05) is 36.4 Å². The number of imidazole rings is 1. The van der Waals surface area contributed by atoms with E-state index in [0.717, 1.165) is 29.8 Å². The van der Waals surface area contributed by atoms with Crippen LogP contribution in [0.2, 0.25) is 0 Å². The lowest BCUT2D eigenvalue weighted by Crippen LogP contribution is -2.27. The summed E-state index contributed by atoms with van der Waals surface area (Å²) in [7, 11) is 1.59. The van der Waals surface area contributed by atoms with Gasteiger partial charge in [-0.3, -0.25) is 4.79 Å². The molecule has 0 unspecified atom stereocenters. The molecule has 0 saturated carbocycles. The van der Waals surface area contributed by atoms with Crippen molar-refractivity contribution >= 4 is 17.1 Å². The Kier molecular flexibility index (Phi) is 6.03. The molecular weight excluding hydrogens is 376 g/mol. The van der Waals surface area contributed by atoms with Crippen LogP contribution in [-0.4, -0.2) is 34.1 Å². The van der Waals surface area contributed by atoms with E-state index in [-0.39, 0.29) is 5.91 Å². The number of nitrogens with zero attached hydrogens (tertiary/aromatic N) is 3. The number of rotatable bonds is 8. The molecule has 0 bridgehead atoms. The van der Waals surface area contributed by atoms with Crippen molar-refractivity contribution in [3.05, 3.63) is 89.9 Å². The number of pyridine rings is 1. The van der Waals surface area contributed by atoms with Crippen molar-refractivity contribution in [1.29, 1.82) is 0 Å². The third kappa shape index (κ3) is 4.49. The summed E-state index contributed by atoms with van der Waals surface area (Å²) in [6.45, 7) is 1.09. The smallest absolute Gasteiger partial charge is 0.251 e. The van der Waals surface area contributed by atoms with E-state index in [2.05, 4.69) is 27.0 Å². The van der Waals surface area contributed by atoms with Crippen molar-refractivity contribution in [3.63, 3.8) is 0 Å². The minimum atomic E-state index is -0.128. The van der Waals surface area contributed by atoms with Crippen LogP contribution < -0.4 is 10.1 Å². The largest absolute Gasteiger partial charge is 0.497 e. The first kappa shape index (κ1) is 19.6. The van der Waals surface area contributed by atoms with E-state index in [1.165, 1.54) is 5.56 Å². The molecule has 2 aromatic carbocycles. The first-order valence-electron chi connectivity index (χ1n) is 10.0. The van der Waals surface area contributed by atoms with E-state index < -0.39 is 0 Å². The van der Waals surface area contributed by atoms with Gasteiger partial charge in [-0.05, 0) is 42.3 Å². The molecule has 0 aliphatic heterocycles. The average Bonchev–Trinajstić information content (AvgIpc) is 3.16. The molecule has 6 heteroatoms. The number of aromatic nitrogens is 3. The minimum Gasteiger partial charge on any atom is -0.497 e. The first-order valence-corrected chi connectivity index (χ1v) is 10.0. The molecule has 0 spiro atoms. The Bertz CT molecular complexity index is 1140. The number of hydrogen-bond donors (Lipinski definition) is 1. The summed E-state index contributed by atoms with van der Waals surface area (Å²) in [5.74, 6) is 1.51. The third-order valence-electron chi connectivity index (χ3n) is 5.02. The van der Waals surface area contributed by atoms with Crippen LogP contribution in [0.5, 0.6) is 5.75 Å². The zero-order valence-electron chi connectivity index (χ0n) is 16.9. The second kappa shape index (κ2) is 9.22. The molecule has 0 saturated heterocycles. The minimum absolute atomic E-state index is 0.128. The van der Waals surface area contributed by atoms with Crippen molar-refractivity contribution in [1.82, 2.24) is 19.9 Å². The van der Waals surface area contributed by atoms with E-state index in [1.807, 2.05) is 42.5 Å². The van der Waals surface area contributed by atoms with Crippen LogP contribution >= 0.6 is 0 Å².